The van der Waals surface area contributed by atoms with Crippen LogP contribution in [0, 0.1) is 6.92 Å². The first kappa shape index (κ1) is 12.2. The molecule has 96 valence electrons. The van der Waals surface area contributed by atoms with Crippen LogP contribution in [-0.2, 0) is 13.6 Å². The average molecular weight is 248 g/mol. The van der Waals surface area contributed by atoms with E-state index in [9.17, 15) is 0 Å². The molecule has 3 N–H and O–H groups in total. The fourth-order valence-electron chi connectivity index (χ4n) is 1.55. The minimum absolute atomic E-state index is 0.532. The highest BCUT2D eigenvalue weighted by Gasteiger charge is 2.06. The topological polar surface area (TPSA) is 90.9 Å². The number of aryl methyl sites for hydroxylation is 2. The zero-order valence-electron chi connectivity index (χ0n) is 10.6. The summed E-state index contributed by atoms with van der Waals surface area (Å²) >= 11 is 0. The van der Waals surface area contributed by atoms with Crippen molar-refractivity contribution >= 4 is 11.6 Å². The Hall–Kier alpha value is -2.31. The van der Waals surface area contributed by atoms with Crippen LogP contribution in [0.5, 0.6) is 5.88 Å². The molecule has 0 aliphatic carbocycles. The van der Waals surface area contributed by atoms with E-state index in [4.69, 9.17) is 10.5 Å². The van der Waals surface area contributed by atoms with Crippen LogP contribution in [0.25, 0.3) is 0 Å². The maximum Gasteiger partial charge on any atom is 0.218 e. The molecule has 0 aliphatic heterocycles. The molecule has 0 bridgehead atoms. The predicted molar refractivity (Wildman–Crippen MR) is 68.3 cm³/mol. The molecule has 0 fully saturated rings. The van der Waals surface area contributed by atoms with Crippen molar-refractivity contribution in [3.8, 4) is 5.88 Å². The number of ether oxygens (including phenoxy) is 1. The maximum absolute atomic E-state index is 5.86. The second-order valence-electron chi connectivity index (χ2n) is 3.87. The van der Waals surface area contributed by atoms with Crippen molar-refractivity contribution < 1.29 is 4.74 Å². The summed E-state index contributed by atoms with van der Waals surface area (Å²) in [5.74, 6) is 2.52. The van der Waals surface area contributed by atoms with Crippen molar-refractivity contribution in [2.75, 3.05) is 18.2 Å². The molecule has 18 heavy (non-hydrogen) atoms. The summed E-state index contributed by atoms with van der Waals surface area (Å²) in [6, 6.07) is 1.74. The van der Waals surface area contributed by atoms with E-state index in [1.54, 1.807) is 31.1 Å². The Labute approximate surface area is 105 Å². The molecule has 0 radical (unpaired) electrons. The molecule has 2 rings (SSSR count). The lowest BCUT2D eigenvalue weighted by atomic mass is 10.3. The standard InChI is InChI=1S/C11H16N6O/c1-7-15-9(4-10(16-7)18-3)13-5-8-6-14-17(2)11(8)12/h4,6H,5,12H2,1-3H3,(H,13,15,16). The molecule has 0 saturated heterocycles. The van der Waals surface area contributed by atoms with E-state index < -0.39 is 0 Å². The summed E-state index contributed by atoms with van der Waals surface area (Å²) in [5, 5.41) is 7.24. The lowest BCUT2D eigenvalue weighted by molar-refractivity contribution is 0.396. The first-order valence-electron chi connectivity index (χ1n) is 5.50. The lowest BCUT2D eigenvalue weighted by Gasteiger charge is -2.07. The smallest absolute Gasteiger partial charge is 0.218 e. The minimum atomic E-state index is 0.532. The Morgan fingerprint density at radius 2 is 2.22 bits per heavy atom. The number of methoxy groups -OCH3 is 1. The number of hydrogen-bond acceptors (Lipinski definition) is 6. The zero-order chi connectivity index (χ0) is 13.1. The Morgan fingerprint density at radius 1 is 1.44 bits per heavy atom. The quantitative estimate of drug-likeness (QED) is 0.828. The third-order valence-corrected chi connectivity index (χ3v) is 2.55. The summed E-state index contributed by atoms with van der Waals surface area (Å²) in [4.78, 5) is 8.38. The molecule has 2 aromatic rings. The summed E-state index contributed by atoms with van der Waals surface area (Å²) in [6.45, 7) is 2.37. The van der Waals surface area contributed by atoms with Crippen LogP contribution in [0.15, 0.2) is 12.3 Å². The zero-order valence-corrected chi connectivity index (χ0v) is 10.6. The van der Waals surface area contributed by atoms with Gasteiger partial charge in [0.05, 0.1) is 13.3 Å². The normalized spacial score (nSPS) is 10.4. The Morgan fingerprint density at radius 3 is 2.83 bits per heavy atom. The van der Waals surface area contributed by atoms with Gasteiger partial charge in [0.2, 0.25) is 5.88 Å². The first-order valence-corrected chi connectivity index (χ1v) is 5.50. The van der Waals surface area contributed by atoms with Crippen LogP contribution in [-0.4, -0.2) is 26.9 Å². The molecule has 0 unspecified atom stereocenters. The minimum Gasteiger partial charge on any atom is -0.481 e. The number of rotatable bonds is 4. The van der Waals surface area contributed by atoms with Crippen molar-refractivity contribution in [3.63, 3.8) is 0 Å². The summed E-state index contributed by atoms with van der Waals surface area (Å²) < 4.78 is 6.71. The molecule has 0 amide bonds. The number of hydrogen-bond donors (Lipinski definition) is 2. The van der Waals surface area contributed by atoms with Gasteiger partial charge in [-0.3, -0.25) is 4.68 Å². The Balaban J connectivity index is 2.10. The SMILES string of the molecule is COc1cc(NCc2cnn(C)c2N)nc(C)n1. The number of nitrogens with one attached hydrogen (secondary N) is 1. The van der Waals surface area contributed by atoms with E-state index in [1.165, 1.54) is 0 Å². The third kappa shape index (κ3) is 2.50. The largest absolute Gasteiger partial charge is 0.481 e. The number of nitrogen functional groups attached to an aromatic ring is 1. The van der Waals surface area contributed by atoms with Crippen LogP contribution in [0.2, 0.25) is 0 Å². The van der Waals surface area contributed by atoms with Crippen LogP contribution in [0.3, 0.4) is 0 Å². The molecule has 0 saturated carbocycles. The number of aromatic nitrogens is 4. The average Bonchev–Trinajstić information content (AvgIpc) is 2.67. The van der Waals surface area contributed by atoms with Crippen molar-refractivity contribution in [1.82, 2.24) is 19.7 Å². The van der Waals surface area contributed by atoms with Crippen LogP contribution < -0.4 is 15.8 Å². The number of nitrogens with two attached hydrogens (primary N) is 1. The van der Waals surface area contributed by atoms with E-state index in [0.717, 1.165) is 5.56 Å². The third-order valence-electron chi connectivity index (χ3n) is 2.55. The fourth-order valence-corrected chi connectivity index (χ4v) is 1.55. The molecule has 0 aromatic carbocycles. The van der Waals surface area contributed by atoms with Gasteiger partial charge in [0.15, 0.2) is 0 Å². The van der Waals surface area contributed by atoms with Gasteiger partial charge in [0, 0.05) is 25.2 Å². The van der Waals surface area contributed by atoms with Crippen molar-refractivity contribution in [1.29, 1.82) is 0 Å². The van der Waals surface area contributed by atoms with Crippen molar-refractivity contribution in [3.05, 3.63) is 23.7 Å². The Kier molecular flexibility index (Phi) is 3.31. The van der Waals surface area contributed by atoms with Crippen LogP contribution in [0.1, 0.15) is 11.4 Å². The molecule has 0 aliphatic rings. The van der Waals surface area contributed by atoms with Crippen LogP contribution in [0.4, 0.5) is 11.6 Å². The molecule has 7 heteroatoms. The van der Waals surface area contributed by atoms with Gasteiger partial charge < -0.3 is 15.8 Å². The lowest BCUT2D eigenvalue weighted by Crippen LogP contribution is -2.06. The molecular weight excluding hydrogens is 232 g/mol. The van der Waals surface area contributed by atoms with Gasteiger partial charge in [-0.25, -0.2) is 4.98 Å². The summed E-state index contributed by atoms with van der Waals surface area (Å²) in [5.41, 5.74) is 6.78. The summed E-state index contributed by atoms with van der Waals surface area (Å²) in [6.07, 6.45) is 1.73. The van der Waals surface area contributed by atoms with Crippen LogP contribution >= 0.6 is 0 Å². The van der Waals surface area contributed by atoms with E-state index in [1.807, 2.05) is 6.92 Å². The van der Waals surface area contributed by atoms with E-state index in [2.05, 4.69) is 20.4 Å². The van der Waals surface area contributed by atoms with Gasteiger partial charge in [-0.15, -0.1) is 0 Å². The molecule has 2 aromatic heterocycles. The molecule has 7 nitrogen and oxygen atoms in total. The molecule has 0 atom stereocenters. The first-order chi connectivity index (χ1) is 8.60. The highest BCUT2D eigenvalue weighted by Crippen LogP contribution is 2.15. The number of anilines is 2. The van der Waals surface area contributed by atoms with Gasteiger partial charge in [-0.2, -0.15) is 10.1 Å². The second-order valence-corrected chi connectivity index (χ2v) is 3.87. The monoisotopic (exact) mass is 248 g/mol. The van der Waals surface area contributed by atoms with Gasteiger partial charge in [0.1, 0.15) is 17.5 Å². The van der Waals surface area contributed by atoms with E-state index >= 15 is 0 Å². The van der Waals surface area contributed by atoms with E-state index in [-0.39, 0.29) is 0 Å². The van der Waals surface area contributed by atoms with Gasteiger partial charge in [-0.1, -0.05) is 0 Å². The summed E-state index contributed by atoms with van der Waals surface area (Å²) in [7, 11) is 3.38. The van der Waals surface area contributed by atoms with E-state index in [0.29, 0.717) is 29.9 Å². The maximum atomic E-state index is 5.86. The molecule has 0 spiro atoms. The van der Waals surface area contributed by atoms with Gasteiger partial charge >= 0.3 is 0 Å². The predicted octanol–water partition coefficient (Wildman–Crippen LogP) is 0.721. The van der Waals surface area contributed by atoms with Crippen molar-refractivity contribution in [2.24, 2.45) is 7.05 Å². The Bertz CT molecular complexity index is 550. The number of nitrogens with zero attached hydrogens (tertiary/aromatic N) is 4. The van der Waals surface area contributed by atoms with Crippen molar-refractivity contribution in [2.45, 2.75) is 13.5 Å². The molecule has 2 heterocycles. The second kappa shape index (κ2) is 4.91. The molecular formula is C11H16N6O. The highest BCUT2D eigenvalue weighted by molar-refractivity contribution is 5.44. The fraction of sp³-hybridized carbons (Fsp3) is 0.364. The van der Waals surface area contributed by atoms with Gasteiger partial charge in [-0.05, 0) is 6.92 Å². The van der Waals surface area contributed by atoms with Gasteiger partial charge in [0.25, 0.3) is 0 Å². The highest BCUT2D eigenvalue weighted by atomic mass is 16.5.